The van der Waals surface area contributed by atoms with Gasteiger partial charge < -0.3 is 10.6 Å². The van der Waals surface area contributed by atoms with E-state index in [0.29, 0.717) is 6.04 Å². The Morgan fingerprint density at radius 2 is 1.88 bits per heavy atom. The van der Waals surface area contributed by atoms with E-state index >= 15 is 0 Å². The van der Waals surface area contributed by atoms with Crippen LogP contribution in [0.2, 0.25) is 0 Å². The van der Waals surface area contributed by atoms with Crippen molar-refractivity contribution >= 4 is 0 Å². The van der Waals surface area contributed by atoms with Gasteiger partial charge in [-0.05, 0) is 51.6 Å². The van der Waals surface area contributed by atoms with Crippen molar-refractivity contribution < 1.29 is 0 Å². The molecule has 0 aromatic rings. The topological polar surface area (TPSA) is 32.5 Å². The molecule has 0 spiro atoms. The summed E-state index contributed by atoms with van der Waals surface area (Å²) in [7, 11) is 2.31. The van der Waals surface area contributed by atoms with Crippen LogP contribution in [0.3, 0.4) is 0 Å². The highest BCUT2D eigenvalue weighted by Gasteiger charge is 2.36. The first-order chi connectivity index (χ1) is 7.74. The maximum atomic E-state index is 6.24. The van der Waals surface area contributed by atoms with E-state index in [2.05, 4.69) is 16.8 Å². The third-order valence-electron chi connectivity index (χ3n) is 4.93. The molecule has 2 saturated heterocycles. The maximum absolute atomic E-state index is 6.24. The van der Waals surface area contributed by atoms with Gasteiger partial charge in [-0.2, -0.15) is 0 Å². The summed E-state index contributed by atoms with van der Waals surface area (Å²) in [5.74, 6) is 0.846. The van der Waals surface area contributed by atoms with E-state index < -0.39 is 0 Å². The molecule has 0 amide bonds. The predicted octanol–water partition coefficient (Wildman–Crippen LogP) is 0.892. The van der Waals surface area contributed by atoms with Crippen molar-refractivity contribution in [2.75, 3.05) is 26.7 Å². The molecule has 16 heavy (non-hydrogen) atoms. The van der Waals surface area contributed by atoms with Crippen LogP contribution in [0.1, 0.15) is 32.1 Å². The highest BCUT2D eigenvalue weighted by molar-refractivity contribution is 4.93. The molecule has 3 nitrogen and oxygen atoms in total. The minimum atomic E-state index is 0.446. The zero-order valence-corrected chi connectivity index (χ0v) is 10.4. The summed E-state index contributed by atoms with van der Waals surface area (Å²) in [5.41, 5.74) is 6.24. The second kappa shape index (κ2) is 4.28. The van der Waals surface area contributed by atoms with Gasteiger partial charge >= 0.3 is 0 Å². The Labute approximate surface area is 99.0 Å². The second-order valence-corrected chi connectivity index (χ2v) is 6.10. The molecule has 3 fully saturated rings. The van der Waals surface area contributed by atoms with Crippen LogP contribution in [-0.2, 0) is 0 Å². The molecule has 2 aliphatic heterocycles. The van der Waals surface area contributed by atoms with Crippen LogP contribution in [0.5, 0.6) is 0 Å². The van der Waals surface area contributed by atoms with Crippen molar-refractivity contribution in [3.63, 3.8) is 0 Å². The van der Waals surface area contributed by atoms with Crippen molar-refractivity contribution in [3.8, 4) is 0 Å². The lowest BCUT2D eigenvalue weighted by Gasteiger charge is -2.27. The molecule has 92 valence electrons. The first-order valence-electron chi connectivity index (χ1n) is 6.94. The summed E-state index contributed by atoms with van der Waals surface area (Å²) in [6.07, 6.45) is 6.92. The fourth-order valence-corrected chi connectivity index (χ4v) is 3.52. The summed E-state index contributed by atoms with van der Waals surface area (Å²) >= 11 is 0. The third-order valence-corrected chi connectivity index (χ3v) is 4.93. The van der Waals surface area contributed by atoms with Crippen LogP contribution in [0, 0.1) is 5.92 Å². The summed E-state index contributed by atoms with van der Waals surface area (Å²) < 4.78 is 0. The molecule has 3 unspecified atom stereocenters. The molecule has 3 aliphatic rings. The standard InChI is InChI=1S/C13H25N3/c1-15-11-4-5-12(15)8-16(7-6-11)9-13(14)10-2-3-10/h10-13H,2-9,14H2,1H3. The van der Waals surface area contributed by atoms with Crippen molar-refractivity contribution in [1.82, 2.24) is 9.80 Å². The number of nitrogens with two attached hydrogens (primary N) is 1. The van der Waals surface area contributed by atoms with Gasteiger partial charge in [0.25, 0.3) is 0 Å². The van der Waals surface area contributed by atoms with Gasteiger partial charge in [-0.3, -0.25) is 4.90 Å². The van der Waals surface area contributed by atoms with Gasteiger partial charge in [0.15, 0.2) is 0 Å². The fourth-order valence-electron chi connectivity index (χ4n) is 3.52. The Hall–Kier alpha value is -0.120. The number of nitrogens with zero attached hydrogens (tertiary/aromatic N) is 2. The highest BCUT2D eigenvalue weighted by atomic mass is 15.3. The summed E-state index contributed by atoms with van der Waals surface area (Å²) in [6, 6.07) is 2.10. The van der Waals surface area contributed by atoms with Crippen LogP contribution in [0.4, 0.5) is 0 Å². The monoisotopic (exact) mass is 223 g/mol. The molecule has 2 bridgehead atoms. The van der Waals surface area contributed by atoms with Gasteiger partial charge in [0.05, 0.1) is 0 Å². The van der Waals surface area contributed by atoms with Gasteiger partial charge in [-0.15, -0.1) is 0 Å². The van der Waals surface area contributed by atoms with Crippen LogP contribution < -0.4 is 5.73 Å². The van der Waals surface area contributed by atoms with Crippen molar-refractivity contribution in [2.45, 2.75) is 50.2 Å². The highest BCUT2D eigenvalue weighted by Crippen LogP contribution is 2.33. The van der Waals surface area contributed by atoms with Crippen LogP contribution >= 0.6 is 0 Å². The molecule has 3 heteroatoms. The molecule has 3 atom stereocenters. The SMILES string of the molecule is CN1C2CCC1CN(CC(N)C1CC1)CC2. The van der Waals surface area contributed by atoms with Crippen molar-refractivity contribution in [1.29, 1.82) is 0 Å². The summed E-state index contributed by atoms with van der Waals surface area (Å²) in [4.78, 5) is 5.24. The third kappa shape index (κ3) is 2.13. The molecule has 0 aromatic heterocycles. The Balaban J connectivity index is 1.56. The zero-order valence-electron chi connectivity index (χ0n) is 10.4. The van der Waals surface area contributed by atoms with E-state index in [1.165, 1.54) is 45.2 Å². The first-order valence-corrected chi connectivity index (χ1v) is 6.94. The molecule has 3 rings (SSSR count). The number of rotatable bonds is 3. The smallest absolute Gasteiger partial charge is 0.0223 e. The second-order valence-electron chi connectivity index (χ2n) is 6.10. The summed E-state index contributed by atoms with van der Waals surface area (Å²) in [5, 5.41) is 0. The molecule has 1 aliphatic carbocycles. The maximum Gasteiger partial charge on any atom is 0.0223 e. The van der Waals surface area contributed by atoms with Crippen molar-refractivity contribution in [2.24, 2.45) is 11.7 Å². The van der Waals surface area contributed by atoms with Gasteiger partial charge in [-0.25, -0.2) is 0 Å². The number of hydrogen-bond donors (Lipinski definition) is 1. The predicted molar refractivity (Wildman–Crippen MR) is 66.3 cm³/mol. The van der Waals surface area contributed by atoms with Gasteiger partial charge in [0.2, 0.25) is 0 Å². The van der Waals surface area contributed by atoms with E-state index in [-0.39, 0.29) is 0 Å². The lowest BCUT2D eigenvalue weighted by atomic mass is 10.1. The van der Waals surface area contributed by atoms with Gasteiger partial charge in [0.1, 0.15) is 0 Å². The number of likely N-dealkylation sites (N-methyl/N-ethyl adjacent to an activating group) is 1. The normalized spacial score (nSPS) is 38.6. The minimum Gasteiger partial charge on any atom is -0.326 e. The number of likely N-dealkylation sites (tertiary alicyclic amines) is 1. The van der Waals surface area contributed by atoms with E-state index in [4.69, 9.17) is 5.73 Å². The Morgan fingerprint density at radius 3 is 2.62 bits per heavy atom. The lowest BCUT2D eigenvalue weighted by molar-refractivity contribution is 0.208. The number of hydrogen-bond acceptors (Lipinski definition) is 3. The molecule has 2 heterocycles. The molecule has 0 radical (unpaired) electrons. The minimum absolute atomic E-state index is 0.446. The van der Waals surface area contributed by atoms with E-state index in [0.717, 1.165) is 24.5 Å². The van der Waals surface area contributed by atoms with Crippen LogP contribution in [0.15, 0.2) is 0 Å². The number of fused-ring (bicyclic) bond motifs is 2. The fraction of sp³-hybridized carbons (Fsp3) is 1.00. The van der Waals surface area contributed by atoms with Gasteiger partial charge in [-0.1, -0.05) is 0 Å². The summed E-state index contributed by atoms with van der Waals surface area (Å²) in [6.45, 7) is 3.67. The molecule has 2 N–H and O–H groups in total. The first kappa shape index (κ1) is 11.0. The van der Waals surface area contributed by atoms with Crippen LogP contribution in [0.25, 0.3) is 0 Å². The van der Waals surface area contributed by atoms with E-state index in [1.54, 1.807) is 0 Å². The Morgan fingerprint density at radius 1 is 1.12 bits per heavy atom. The molecular formula is C13H25N3. The Kier molecular flexibility index (Phi) is 2.94. The quantitative estimate of drug-likeness (QED) is 0.771. The largest absolute Gasteiger partial charge is 0.326 e. The zero-order chi connectivity index (χ0) is 11.1. The average Bonchev–Trinajstić information content (AvgIpc) is 3.01. The molecular weight excluding hydrogens is 198 g/mol. The Bertz CT molecular complexity index is 252. The molecule has 0 aromatic carbocycles. The van der Waals surface area contributed by atoms with Crippen LogP contribution in [-0.4, -0.2) is 54.6 Å². The van der Waals surface area contributed by atoms with Crippen molar-refractivity contribution in [3.05, 3.63) is 0 Å². The van der Waals surface area contributed by atoms with E-state index in [9.17, 15) is 0 Å². The average molecular weight is 223 g/mol. The lowest BCUT2D eigenvalue weighted by Crippen LogP contribution is -2.43. The van der Waals surface area contributed by atoms with Gasteiger partial charge in [0, 0.05) is 31.2 Å². The van der Waals surface area contributed by atoms with E-state index in [1.807, 2.05) is 0 Å². The molecule has 1 saturated carbocycles.